The van der Waals surface area contributed by atoms with Crippen LogP contribution in [0.15, 0.2) is 12.2 Å². The van der Waals surface area contributed by atoms with Gasteiger partial charge in [-0.05, 0) is 0 Å². The molecule has 0 radical (unpaired) electrons. The van der Waals surface area contributed by atoms with Crippen LogP contribution in [0.2, 0.25) is 0 Å². The number of allylic oxidation sites excluding steroid dienone is 2. The molecule has 2 heteroatoms. The van der Waals surface area contributed by atoms with Crippen molar-refractivity contribution in [1.29, 1.82) is 10.5 Å². The van der Waals surface area contributed by atoms with Crippen molar-refractivity contribution in [1.82, 2.24) is 0 Å². The first kappa shape index (κ1) is 6.72. The topological polar surface area (TPSA) is 47.6 Å². The van der Waals surface area contributed by atoms with Crippen LogP contribution in [0, 0.1) is 22.7 Å². The number of hydrogen-bond acceptors (Lipinski definition) is 2. The van der Waals surface area contributed by atoms with Crippen molar-refractivity contribution >= 4 is 0 Å². The highest BCUT2D eigenvalue weighted by Gasteiger charge is 1.69. The molecule has 0 aromatic heterocycles. The van der Waals surface area contributed by atoms with Gasteiger partial charge in [-0.1, -0.05) is 12.2 Å². The van der Waals surface area contributed by atoms with Crippen LogP contribution in [0.5, 0.6) is 0 Å². The summed E-state index contributed by atoms with van der Waals surface area (Å²) >= 11 is 0. The second-order valence-corrected chi connectivity index (χ2v) is 1.20. The van der Waals surface area contributed by atoms with E-state index in [1.165, 1.54) is 0 Å². The number of rotatable bonds is 2. The zero-order valence-corrected chi connectivity index (χ0v) is 4.46. The minimum atomic E-state index is 0.404. The summed E-state index contributed by atoms with van der Waals surface area (Å²) in [5.41, 5.74) is 0. The second kappa shape index (κ2) is 5.72. The second-order valence-electron chi connectivity index (χ2n) is 1.20. The number of nitriles is 2. The lowest BCUT2D eigenvalue weighted by Crippen LogP contribution is -1.57. The number of hydrogen-bond donors (Lipinski definition) is 0. The smallest absolute Gasteiger partial charge is 0.0663 e. The largest absolute Gasteiger partial charge is 0.198 e. The van der Waals surface area contributed by atoms with Crippen LogP contribution in [-0.2, 0) is 0 Å². The summed E-state index contributed by atoms with van der Waals surface area (Å²) in [6, 6.07) is 3.86. The Labute approximate surface area is 48.7 Å². The summed E-state index contributed by atoms with van der Waals surface area (Å²) in [6.07, 6.45) is 4.18. The molecule has 0 bridgehead atoms. The Hall–Kier alpha value is -1.28. The molecule has 0 rings (SSSR count). The van der Waals surface area contributed by atoms with Crippen molar-refractivity contribution in [2.75, 3.05) is 0 Å². The Morgan fingerprint density at radius 2 is 1.38 bits per heavy atom. The van der Waals surface area contributed by atoms with Crippen molar-refractivity contribution in [3.05, 3.63) is 12.2 Å². The molecule has 0 aliphatic heterocycles. The average Bonchev–Trinajstić information content (AvgIpc) is 1.81. The normalized spacial score (nSPS) is 8.25. The van der Waals surface area contributed by atoms with Crippen LogP contribution in [-0.4, -0.2) is 0 Å². The highest BCUT2D eigenvalue weighted by atomic mass is 14.2. The highest BCUT2D eigenvalue weighted by molar-refractivity contribution is 4.95. The lowest BCUT2D eigenvalue weighted by Gasteiger charge is -1.69. The summed E-state index contributed by atoms with van der Waals surface area (Å²) in [5.74, 6) is 0. The van der Waals surface area contributed by atoms with E-state index in [2.05, 4.69) is 0 Å². The molecule has 40 valence electrons. The predicted octanol–water partition coefficient (Wildman–Crippen LogP) is 1.37. The first-order chi connectivity index (χ1) is 3.91. The third-order valence-electron chi connectivity index (χ3n) is 0.585. The fourth-order valence-corrected chi connectivity index (χ4v) is 0.272. The minimum absolute atomic E-state index is 0.404. The van der Waals surface area contributed by atoms with E-state index in [4.69, 9.17) is 10.5 Å². The maximum atomic E-state index is 7.98. The van der Waals surface area contributed by atoms with E-state index in [-0.39, 0.29) is 0 Å². The molecule has 0 aliphatic rings. The molecule has 0 saturated heterocycles. The maximum Gasteiger partial charge on any atom is 0.0663 e. The minimum Gasteiger partial charge on any atom is -0.198 e. The number of nitrogens with zero attached hydrogens (tertiary/aromatic N) is 2. The molecule has 8 heavy (non-hydrogen) atoms. The summed E-state index contributed by atoms with van der Waals surface area (Å²) in [4.78, 5) is 0. The Kier molecular flexibility index (Phi) is 4.80. The van der Waals surface area contributed by atoms with Gasteiger partial charge in [0.15, 0.2) is 0 Å². The van der Waals surface area contributed by atoms with Gasteiger partial charge in [-0.3, -0.25) is 0 Å². The van der Waals surface area contributed by atoms with Crippen LogP contribution in [0.4, 0.5) is 0 Å². The Balaban J connectivity index is 3.14. The third-order valence-corrected chi connectivity index (χ3v) is 0.585. The van der Waals surface area contributed by atoms with Gasteiger partial charge in [0.1, 0.15) is 0 Å². The molecule has 0 aromatic rings. The molecule has 0 heterocycles. The zero-order valence-electron chi connectivity index (χ0n) is 4.46. The molecule has 0 aliphatic carbocycles. The van der Waals surface area contributed by atoms with Gasteiger partial charge in [-0.2, -0.15) is 10.5 Å². The summed E-state index contributed by atoms with van der Waals surface area (Å²) in [7, 11) is 0. The van der Waals surface area contributed by atoms with Crippen LogP contribution in [0.3, 0.4) is 0 Å². The van der Waals surface area contributed by atoms with E-state index >= 15 is 0 Å². The van der Waals surface area contributed by atoms with E-state index in [9.17, 15) is 0 Å². The summed E-state index contributed by atoms with van der Waals surface area (Å²) in [6.45, 7) is 0. The van der Waals surface area contributed by atoms with Gasteiger partial charge in [0.2, 0.25) is 0 Å². The fraction of sp³-hybridized carbons (Fsp3) is 0.333. The van der Waals surface area contributed by atoms with Crippen molar-refractivity contribution in [3.8, 4) is 12.1 Å². The summed E-state index contributed by atoms with van der Waals surface area (Å²) in [5, 5.41) is 16.0. The van der Waals surface area contributed by atoms with Gasteiger partial charge in [-0.15, -0.1) is 0 Å². The first-order valence-corrected chi connectivity index (χ1v) is 2.30. The first-order valence-electron chi connectivity index (χ1n) is 2.30. The average molecular weight is 106 g/mol. The van der Waals surface area contributed by atoms with Crippen LogP contribution < -0.4 is 0 Å². The van der Waals surface area contributed by atoms with E-state index in [1.54, 1.807) is 12.2 Å². The van der Waals surface area contributed by atoms with Gasteiger partial charge >= 0.3 is 0 Å². The van der Waals surface area contributed by atoms with Gasteiger partial charge in [-0.25, -0.2) is 0 Å². The fourth-order valence-electron chi connectivity index (χ4n) is 0.272. The van der Waals surface area contributed by atoms with Gasteiger partial charge in [0.05, 0.1) is 25.0 Å². The van der Waals surface area contributed by atoms with E-state index < -0.39 is 0 Å². The van der Waals surface area contributed by atoms with Gasteiger partial charge < -0.3 is 0 Å². The van der Waals surface area contributed by atoms with E-state index in [1.807, 2.05) is 12.1 Å². The molecule has 0 N–H and O–H groups in total. The standard InChI is InChI=1S/C6H6N2/c7-5-3-1-2-4-6-8/h1-2H,3-4H2. The molecular formula is C6H6N2. The van der Waals surface area contributed by atoms with Crippen molar-refractivity contribution in [3.63, 3.8) is 0 Å². The molecule has 2 nitrogen and oxygen atoms in total. The van der Waals surface area contributed by atoms with E-state index in [0.717, 1.165) is 0 Å². The van der Waals surface area contributed by atoms with Crippen LogP contribution in [0.25, 0.3) is 0 Å². The van der Waals surface area contributed by atoms with Crippen LogP contribution in [0.1, 0.15) is 12.8 Å². The van der Waals surface area contributed by atoms with Gasteiger partial charge in [0, 0.05) is 0 Å². The quantitative estimate of drug-likeness (QED) is 0.499. The molecule has 0 unspecified atom stereocenters. The molecular weight excluding hydrogens is 100 g/mol. The lowest BCUT2D eigenvalue weighted by atomic mass is 10.3. The van der Waals surface area contributed by atoms with Crippen molar-refractivity contribution in [2.24, 2.45) is 0 Å². The summed E-state index contributed by atoms with van der Waals surface area (Å²) < 4.78 is 0. The Morgan fingerprint density at radius 3 is 1.62 bits per heavy atom. The van der Waals surface area contributed by atoms with Crippen molar-refractivity contribution < 1.29 is 0 Å². The SMILES string of the molecule is N#CCC=CCC#N. The predicted molar refractivity (Wildman–Crippen MR) is 29.6 cm³/mol. The maximum absolute atomic E-state index is 7.98. The third kappa shape index (κ3) is 4.72. The van der Waals surface area contributed by atoms with E-state index in [0.29, 0.717) is 12.8 Å². The molecule has 0 amide bonds. The highest BCUT2D eigenvalue weighted by Crippen LogP contribution is 1.82. The molecule has 0 fully saturated rings. The molecule has 0 spiro atoms. The molecule has 0 atom stereocenters. The monoisotopic (exact) mass is 106 g/mol. The van der Waals surface area contributed by atoms with Crippen molar-refractivity contribution in [2.45, 2.75) is 12.8 Å². The van der Waals surface area contributed by atoms with Gasteiger partial charge in [0.25, 0.3) is 0 Å². The zero-order chi connectivity index (χ0) is 6.24. The lowest BCUT2D eigenvalue weighted by molar-refractivity contribution is 1.29. The van der Waals surface area contributed by atoms with Crippen LogP contribution >= 0.6 is 0 Å². The Bertz CT molecular complexity index is 127. The Morgan fingerprint density at radius 1 is 1.00 bits per heavy atom. The molecule has 0 aromatic carbocycles. The molecule has 0 saturated carbocycles.